The monoisotopic (exact) mass is 873 g/mol. The summed E-state index contributed by atoms with van der Waals surface area (Å²) < 4.78 is 15.5. The minimum Gasteiger partial charge on any atom is -0.464 e. The van der Waals surface area contributed by atoms with Gasteiger partial charge in [-0.15, -0.1) is 0 Å². The minimum atomic E-state index is -0.391. The maximum atomic E-state index is 12.2. The van der Waals surface area contributed by atoms with E-state index in [4.69, 9.17) is 19.3 Å². The van der Waals surface area contributed by atoms with Gasteiger partial charge in [0.2, 0.25) is 5.91 Å². The Morgan fingerprint density at radius 3 is 1.36 bits per heavy atom. The third kappa shape index (κ3) is 54.0. The predicted octanol–water partition coefficient (Wildman–Crippen LogP) is 12.9. The summed E-state index contributed by atoms with van der Waals surface area (Å²) in [4.78, 5) is 45.3. The van der Waals surface area contributed by atoms with Gasteiger partial charge in [-0.05, 0) is 40.3 Å². The molecule has 1 aliphatic carbocycles. The van der Waals surface area contributed by atoms with Crippen LogP contribution in [0.3, 0.4) is 0 Å². The smallest absolute Gasteiger partial charge is 0.306 e. The SMILES string of the molecule is CC.CCCCCCCCCCCCCC.CCCCCCCCCCCCCC(=O)OC1CC(NC(=O)CCC=O)CC(OC=O)C1.CCCCNC.COC(C)(C)CO. The summed E-state index contributed by atoms with van der Waals surface area (Å²) in [6.07, 6.45) is 35.6. The van der Waals surface area contributed by atoms with Crippen molar-refractivity contribution in [1.29, 1.82) is 0 Å². The maximum absolute atomic E-state index is 12.2. The number of methoxy groups -OCH3 is 1. The van der Waals surface area contributed by atoms with Gasteiger partial charge in [0.1, 0.15) is 18.5 Å². The van der Waals surface area contributed by atoms with Gasteiger partial charge in [-0.2, -0.15) is 0 Å². The summed E-state index contributed by atoms with van der Waals surface area (Å²) in [5, 5.41) is 14.4. The standard InChI is InChI=1S/C25H43NO6.C14H30.C5H13N.C5H12O2.C2H6/c1-2-3-4-5-6-7-8-9-10-11-12-15-25(30)32-23-18-21(17-22(19-23)31-20-28)26-24(29)14-13-16-27;1-3-5-7-9-11-13-14-12-10-8-6-4-2;1-3-4-5-6-2;1-5(2,4-6)7-3;1-2/h16,20-23H,2-15,17-19H2,1H3,(H,26,29);3-14H2,1-2H3;6H,3-5H2,1-2H3;6H,4H2,1-3H3;1-2H3. The van der Waals surface area contributed by atoms with Gasteiger partial charge >= 0.3 is 5.97 Å². The van der Waals surface area contributed by atoms with Gasteiger partial charge < -0.3 is 34.7 Å². The molecule has 1 saturated carbocycles. The normalized spacial score (nSPS) is 15.5. The lowest BCUT2D eigenvalue weighted by Gasteiger charge is -2.33. The first kappa shape index (κ1) is 65.6. The molecular weight excluding hydrogens is 769 g/mol. The van der Waals surface area contributed by atoms with Crippen LogP contribution in [-0.4, -0.2) is 80.9 Å². The predicted molar refractivity (Wildman–Crippen MR) is 258 cm³/mol. The van der Waals surface area contributed by atoms with Crippen LogP contribution in [0.25, 0.3) is 0 Å². The van der Waals surface area contributed by atoms with Crippen molar-refractivity contribution in [3.8, 4) is 0 Å². The maximum Gasteiger partial charge on any atom is 0.306 e. The number of aliphatic hydroxyl groups excluding tert-OH is 1. The van der Waals surface area contributed by atoms with Crippen molar-refractivity contribution in [1.82, 2.24) is 10.6 Å². The molecule has 1 fully saturated rings. The van der Waals surface area contributed by atoms with Gasteiger partial charge in [0.15, 0.2) is 0 Å². The Labute approximate surface area is 378 Å². The van der Waals surface area contributed by atoms with Crippen LogP contribution >= 0.6 is 0 Å². The van der Waals surface area contributed by atoms with Crippen molar-refractivity contribution in [2.75, 3.05) is 27.3 Å². The van der Waals surface area contributed by atoms with E-state index in [2.05, 4.69) is 38.3 Å². The van der Waals surface area contributed by atoms with Crippen molar-refractivity contribution < 1.29 is 38.5 Å². The average molecular weight is 873 g/mol. The summed E-state index contributed by atoms with van der Waals surface area (Å²) in [6, 6.07) is -0.243. The molecule has 1 aliphatic rings. The number of carbonyl (C=O) groups excluding carboxylic acids is 4. The summed E-state index contributed by atoms with van der Waals surface area (Å²) >= 11 is 0. The number of hydrogen-bond donors (Lipinski definition) is 3. The average Bonchev–Trinajstić information content (AvgIpc) is 3.26. The highest BCUT2D eigenvalue weighted by atomic mass is 16.6. The molecule has 0 heterocycles. The first-order valence-corrected chi connectivity index (χ1v) is 25.4. The Bertz CT molecular complexity index is 882. The first-order chi connectivity index (χ1) is 29.5. The first-order valence-electron chi connectivity index (χ1n) is 25.4. The van der Waals surface area contributed by atoms with Gasteiger partial charge in [0.25, 0.3) is 6.47 Å². The Morgan fingerprint density at radius 2 is 1.03 bits per heavy atom. The molecule has 3 unspecified atom stereocenters. The fraction of sp³-hybridized carbons (Fsp3) is 0.922. The second-order valence-electron chi connectivity index (χ2n) is 17.0. The number of ether oxygens (including phenoxy) is 3. The highest BCUT2D eigenvalue weighted by Crippen LogP contribution is 2.25. The zero-order valence-corrected chi connectivity index (χ0v) is 42.0. The number of hydrogen-bond acceptors (Lipinski definition) is 9. The van der Waals surface area contributed by atoms with Crippen LogP contribution in [-0.2, 0) is 33.4 Å². The molecule has 0 spiro atoms. The molecule has 0 aromatic rings. The lowest BCUT2D eigenvalue weighted by atomic mass is 9.90. The number of unbranched alkanes of at least 4 members (excludes halogenated alkanes) is 22. The second-order valence-corrected chi connectivity index (χ2v) is 17.0. The number of aldehydes is 1. The number of rotatable bonds is 35. The van der Waals surface area contributed by atoms with Gasteiger partial charge in [0.05, 0.1) is 12.2 Å². The van der Waals surface area contributed by atoms with E-state index in [0.29, 0.717) is 38.4 Å². The Hall–Kier alpha value is -2.04. The molecule has 0 saturated heterocycles. The van der Waals surface area contributed by atoms with Gasteiger partial charge in [-0.25, -0.2) is 0 Å². The number of aliphatic hydroxyl groups is 1. The van der Waals surface area contributed by atoms with Crippen molar-refractivity contribution in [3.05, 3.63) is 0 Å². The van der Waals surface area contributed by atoms with Crippen molar-refractivity contribution in [2.24, 2.45) is 0 Å². The van der Waals surface area contributed by atoms with E-state index in [1.165, 1.54) is 141 Å². The number of amides is 1. The molecule has 10 nitrogen and oxygen atoms in total. The highest BCUT2D eigenvalue weighted by molar-refractivity contribution is 5.78. The molecule has 366 valence electrons. The largest absolute Gasteiger partial charge is 0.464 e. The van der Waals surface area contributed by atoms with E-state index in [1.807, 2.05) is 34.7 Å². The minimum absolute atomic E-state index is 0.0729. The van der Waals surface area contributed by atoms with Crippen LogP contribution in [0.1, 0.15) is 254 Å². The van der Waals surface area contributed by atoms with Crippen molar-refractivity contribution in [3.63, 3.8) is 0 Å². The molecule has 61 heavy (non-hydrogen) atoms. The van der Waals surface area contributed by atoms with Crippen LogP contribution in [0.4, 0.5) is 0 Å². The van der Waals surface area contributed by atoms with E-state index in [1.54, 1.807) is 7.11 Å². The number of esters is 1. The van der Waals surface area contributed by atoms with Crippen molar-refractivity contribution in [2.45, 2.75) is 278 Å². The molecule has 10 heteroatoms. The fourth-order valence-corrected chi connectivity index (χ4v) is 6.62. The number of nitrogens with one attached hydrogen (secondary N) is 2. The molecule has 0 aromatic carbocycles. The van der Waals surface area contributed by atoms with Gasteiger partial charge in [0, 0.05) is 51.7 Å². The quantitative estimate of drug-likeness (QED) is 0.0322. The Kier molecular flexibility index (Phi) is 58.1. The van der Waals surface area contributed by atoms with E-state index in [0.717, 1.165) is 25.8 Å². The van der Waals surface area contributed by atoms with Crippen LogP contribution < -0.4 is 10.6 Å². The number of carbonyl (C=O) groups is 4. The lowest BCUT2D eigenvalue weighted by Crippen LogP contribution is -2.45. The fourth-order valence-electron chi connectivity index (χ4n) is 6.62. The highest BCUT2D eigenvalue weighted by Gasteiger charge is 2.33. The van der Waals surface area contributed by atoms with E-state index in [-0.39, 0.29) is 49.1 Å². The summed E-state index contributed by atoms with van der Waals surface area (Å²) in [7, 11) is 3.56. The second kappa shape index (κ2) is 54.1. The Morgan fingerprint density at radius 1 is 0.623 bits per heavy atom. The lowest BCUT2D eigenvalue weighted by molar-refractivity contribution is -0.155. The third-order valence-corrected chi connectivity index (χ3v) is 10.7. The van der Waals surface area contributed by atoms with Gasteiger partial charge in [-0.1, -0.05) is 189 Å². The topological polar surface area (TPSA) is 140 Å². The molecule has 0 bridgehead atoms. The van der Waals surface area contributed by atoms with Gasteiger partial charge in [-0.3, -0.25) is 14.4 Å². The summed E-state index contributed by atoms with van der Waals surface area (Å²) in [5.41, 5.74) is -0.361. The van der Waals surface area contributed by atoms with Crippen LogP contribution in [0, 0.1) is 0 Å². The molecule has 0 aromatic heterocycles. The zero-order chi connectivity index (χ0) is 46.7. The van der Waals surface area contributed by atoms with Crippen molar-refractivity contribution >= 4 is 24.6 Å². The van der Waals surface area contributed by atoms with Crippen LogP contribution in [0.15, 0.2) is 0 Å². The van der Waals surface area contributed by atoms with Crippen LogP contribution in [0.5, 0.6) is 0 Å². The van der Waals surface area contributed by atoms with E-state index < -0.39 is 6.10 Å². The summed E-state index contributed by atoms with van der Waals surface area (Å²) in [6.45, 7) is 18.3. The molecule has 0 radical (unpaired) electrons. The van der Waals surface area contributed by atoms with E-state index >= 15 is 0 Å². The third-order valence-electron chi connectivity index (χ3n) is 10.7. The summed E-state index contributed by atoms with van der Waals surface area (Å²) in [5.74, 6) is -0.455. The molecule has 1 rings (SSSR count). The van der Waals surface area contributed by atoms with E-state index in [9.17, 15) is 19.2 Å². The van der Waals surface area contributed by atoms with Crippen LogP contribution in [0.2, 0.25) is 0 Å². The molecule has 3 atom stereocenters. The molecule has 1 amide bonds. The molecule has 0 aliphatic heterocycles. The zero-order valence-electron chi connectivity index (χ0n) is 42.0. The molecule has 3 N–H and O–H groups in total. The molecular formula is C51H104N2O8. The Balaban J connectivity index is -0.000000456.